The van der Waals surface area contributed by atoms with Crippen molar-refractivity contribution in [2.75, 3.05) is 24.2 Å². The van der Waals surface area contributed by atoms with Crippen LogP contribution in [0, 0.1) is 0 Å². The number of hydrogen-bond donors (Lipinski definition) is 4. The number of halogens is 1. The van der Waals surface area contributed by atoms with E-state index in [0.29, 0.717) is 31.9 Å². The number of carbonyl (C=O) groups excluding carboxylic acids is 2. The van der Waals surface area contributed by atoms with Gasteiger partial charge in [-0.15, -0.1) is 24.0 Å². The summed E-state index contributed by atoms with van der Waals surface area (Å²) in [5, 5.41) is 12.5. The number of benzene rings is 2. The summed E-state index contributed by atoms with van der Waals surface area (Å²) in [6, 6.07) is 15.7. The zero-order chi connectivity index (χ0) is 21.3. The highest BCUT2D eigenvalue weighted by atomic mass is 127. The van der Waals surface area contributed by atoms with E-state index in [1.54, 1.807) is 7.05 Å². The summed E-state index contributed by atoms with van der Waals surface area (Å²) in [5.74, 6) is 0.812. The molecule has 1 heterocycles. The van der Waals surface area contributed by atoms with Crippen molar-refractivity contribution in [1.82, 2.24) is 10.6 Å². The van der Waals surface area contributed by atoms with Crippen LogP contribution in [0.5, 0.6) is 0 Å². The molecule has 0 saturated carbocycles. The summed E-state index contributed by atoms with van der Waals surface area (Å²) in [4.78, 5) is 28.1. The van der Waals surface area contributed by atoms with Gasteiger partial charge in [0.2, 0.25) is 11.8 Å². The van der Waals surface area contributed by atoms with Crippen molar-refractivity contribution in [2.24, 2.45) is 4.99 Å². The topological polar surface area (TPSA) is 94.6 Å². The van der Waals surface area contributed by atoms with E-state index in [0.717, 1.165) is 28.9 Å². The molecule has 1 atom stereocenters. The Kier molecular flexibility index (Phi) is 9.77. The van der Waals surface area contributed by atoms with Gasteiger partial charge in [-0.25, -0.2) is 0 Å². The van der Waals surface area contributed by atoms with Crippen molar-refractivity contribution in [1.29, 1.82) is 0 Å². The number of rotatable bonds is 7. The molecule has 2 aromatic carbocycles. The van der Waals surface area contributed by atoms with Crippen LogP contribution in [0.3, 0.4) is 0 Å². The first-order chi connectivity index (χ1) is 14.6. The van der Waals surface area contributed by atoms with Crippen molar-refractivity contribution in [3.8, 4) is 0 Å². The number of carbonyl (C=O) groups is 2. The molecule has 3 rings (SSSR count). The monoisotopic (exact) mass is 535 g/mol. The number of nitrogens with one attached hydrogen (secondary N) is 4. The molecule has 4 N–H and O–H groups in total. The van der Waals surface area contributed by atoms with Gasteiger partial charge in [0.15, 0.2) is 5.96 Å². The third kappa shape index (κ3) is 7.23. The molecule has 2 amide bonds. The van der Waals surface area contributed by atoms with Crippen molar-refractivity contribution in [3.63, 3.8) is 0 Å². The van der Waals surface area contributed by atoms with Crippen LogP contribution in [0.1, 0.15) is 43.2 Å². The molecule has 8 heteroatoms. The number of para-hydroxylation sites is 1. The van der Waals surface area contributed by atoms with Gasteiger partial charge < -0.3 is 21.3 Å². The lowest BCUT2D eigenvalue weighted by Crippen LogP contribution is -2.40. The van der Waals surface area contributed by atoms with Gasteiger partial charge in [-0.2, -0.15) is 0 Å². The zero-order valence-corrected chi connectivity index (χ0v) is 20.2. The number of fused-ring (bicyclic) bond motifs is 1. The van der Waals surface area contributed by atoms with E-state index in [2.05, 4.69) is 32.3 Å². The van der Waals surface area contributed by atoms with Crippen LogP contribution >= 0.6 is 24.0 Å². The molecular weight excluding hydrogens is 505 g/mol. The molecule has 0 saturated heterocycles. The number of hydrogen-bond acceptors (Lipinski definition) is 3. The summed E-state index contributed by atoms with van der Waals surface area (Å²) in [7, 11) is 1.72. The van der Waals surface area contributed by atoms with Gasteiger partial charge in [-0.05, 0) is 35.7 Å². The Labute approximate surface area is 200 Å². The first-order valence-corrected chi connectivity index (χ1v) is 10.3. The molecule has 1 aliphatic heterocycles. The fraction of sp³-hybridized carbons (Fsp3) is 0.348. The van der Waals surface area contributed by atoms with Crippen molar-refractivity contribution < 1.29 is 9.59 Å². The highest BCUT2D eigenvalue weighted by molar-refractivity contribution is 14.0. The molecule has 1 aliphatic rings. The lowest BCUT2D eigenvalue weighted by molar-refractivity contribution is -0.117. The second-order valence-corrected chi connectivity index (χ2v) is 7.34. The third-order valence-corrected chi connectivity index (χ3v) is 4.99. The average molecular weight is 535 g/mol. The molecule has 0 radical (unpaired) electrons. The molecule has 1 unspecified atom stereocenters. The summed E-state index contributed by atoms with van der Waals surface area (Å²) in [6.45, 7) is 3.16. The van der Waals surface area contributed by atoms with E-state index in [1.807, 2.05) is 49.4 Å². The lowest BCUT2D eigenvalue weighted by atomic mass is 9.90. The van der Waals surface area contributed by atoms with E-state index < -0.39 is 0 Å². The van der Waals surface area contributed by atoms with Crippen molar-refractivity contribution in [3.05, 3.63) is 59.7 Å². The largest absolute Gasteiger partial charge is 0.356 e. The minimum absolute atomic E-state index is 0. The minimum Gasteiger partial charge on any atom is -0.356 e. The SMILES string of the molecule is CCCC(=O)Nc1cccc(CNC(=NC)NCC2CC(=O)Nc3ccccc32)c1.I. The van der Waals surface area contributed by atoms with Gasteiger partial charge in [0.1, 0.15) is 0 Å². The number of guanidine groups is 1. The van der Waals surface area contributed by atoms with Crippen molar-refractivity contribution in [2.45, 2.75) is 38.6 Å². The minimum atomic E-state index is 0. The smallest absolute Gasteiger partial charge is 0.225 e. The Morgan fingerprint density at radius 2 is 1.97 bits per heavy atom. The molecule has 31 heavy (non-hydrogen) atoms. The van der Waals surface area contributed by atoms with Crippen LogP contribution in [0.2, 0.25) is 0 Å². The molecule has 0 aliphatic carbocycles. The van der Waals surface area contributed by atoms with E-state index in [-0.39, 0.29) is 41.7 Å². The molecule has 166 valence electrons. The summed E-state index contributed by atoms with van der Waals surface area (Å²) < 4.78 is 0. The Morgan fingerprint density at radius 3 is 2.74 bits per heavy atom. The van der Waals surface area contributed by atoms with Gasteiger partial charge in [0.05, 0.1) is 0 Å². The highest BCUT2D eigenvalue weighted by Gasteiger charge is 2.24. The predicted octanol–water partition coefficient (Wildman–Crippen LogP) is 3.83. The van der Waals surface area contributed by atoms with Crippen molar-refractivity contribution >= 4 is 53.1 Å². The highest BCUT2D eigenvalue weighted by Crippen LogP contribution is 2.31. The Bertz CT molecular complexity index is 932. The molecule has 0 bridgehead atoms. The summed E-state index contributed by atoms with van der Waals surface area (Å²) in [6.07, 6.45) is 1.78. The van der Waals surface area contributed by atoms with Crippen LogP contribution in [-0.4, -0.2) is 31.4 Å². The normalized spacial score (nSPS) is 15.2. The zero-order valence-electron chi connectivity index (χ0n) is 17.9. The van der Waals surface area contributed by atoms with Crippen LogP contribution < -0.4 is 21.3 Å². The van der Waals surface area contributed by atoms with E-state index in [9.17, 15) is 9.59 Å². The Balaban J connectivity index is 0.00000341. The Morgan fingerprint density at radius 1 is 1.16 bits per heavy atom. The first-order valence-electron chi connectivity index (χ1n) is 10.3. The van der Waals surface area contributed by atoms with Gasteiger partial charge in [-0.1, -0.05) is 37.3 Å². The third-order valence-electron chi connectivity index (χ3n) is 4.99. The maximum atomic E-state index is 12.0. The molecular formula is C23H30IN5O2. The maximum absolute atomic E-state index is 12.0. The molecule has 0 spiro atoms. The van der Waals surface area contributed by atoms with E-state index in [1.165, 1.54) is 0 Å². The van der Waals surface area contributed by atoms with Gasteiger partial charge in [0, 0.05) is 50.3 Å². The van der Waals surface area contributed by atoms with Crippen LogP contribution in [0.4, 0.5) is 11.4 Å². The van der Waals surface area contributed by atoms with Gasteiger partial charge >= 0.3 is 0 Å². The van der Waals surface area contributed by atoms with Crippen LogP contribution in [0.25, 0.3) is 0 Å². The number of aliphatic imine (C=N–C) groups is 1. The Hall–Kier alpha value is -2.62. The fourth-order valence-corrected chi connectivity index (χ4v) is 3.52. The quantitative estimate of drug-likeness (QED) is 0.246. The number of amides is 2. The van der Waals surface area contributed by atoms with E-state index >= 15 is 0 Å². The summed E-state index contributed by atoms with van der Waals surface area (Å²) >= 11 is 0. The second-order valence-electron chi connectivity index (χ2n) is 7.34. The van der Waals surface area contributed by atoms with Crippen LogP contribution in [0.15, 0.2) is 53.5 Å². The van der Waals surface area contributed by atoms with E-state index in [4.69, 9.17) is 0 Å². The second kappa shape index (κ2) is 12.3. The maximum Gasteiger partial charge on any atom is 0.225 e. The number of anilines is 2. The van der Waals surface area contributed by atoms with Gasteiger partial charge in [0.25, 0.3) is 0 Å². The van der Waals surface area contributed by atoms with Crippen LogP contribution in [-0.2, 0) is 16.1 Å². The lowest BCUT2D eigenvalue weighted by Gasteiger charge is -2.26. The van der Waals surface area contributed by atoms with Gasteiger partial charge in [-0.3, -0.25) is 14.6 Å². The predicted molar refractivity (Wildman–Crippen MR) is 136 cm³/mol. The molecule has 0 fully saturated rings. The standard InChI is InChI=1S/C23H29N5O2.HI/c1-3-7-21(29)27-18-9-6-8-16(12-18)14-25-23(24-2)26-15-17-13-22(30)28-20-11-5-4-10-19(17)20;/h4-6,8-12,17H,3,7,13-15H2,1-2H3,(H,27,29)(H,28,30)(H2,24,25,26);1H. The summed E-state index contributed by atoms with van der Waals surface area (Å²) in [5.41, 5.74) is 3.84. The molecule has 0 aromatic heterocycles. The molecule has 2 aromatic rings. The average Bonchev–Trinajstić information content (AvgIpc) is 2.74. The first kappa shape index (κ1) is 24.6. The molecule has 7 nitrogen and oxygen atoms in total. The fourth-order valence-electron chi connectivity index (χ4n) is 3.52. The number of nitrogens with zero attached hydrogens (tertiary/aromatic N) is 1.